The Hall–Kier alpha value is -3.97. The smallest absolute Gasteiger partial charge is 0.421 e. The molecular formula is C31H29ClF5N5O3. The lowest BCUT2D eigenvalue weighted by atomic mass is 9.92. The number of amides is 2. The van der Waals surface area contributed by atoms with Crippen LogP contribution in [0, 0.1) is 11.6 Å². The quantitative estimate of drug-likeness (QED) is 0.368. The Bertz CT molecular complexity index is 1600. The fraction of sp³-hybridized carbons (Fsp3) is 0.387. The van der Waals surface area contributed by atoms with Gasteiger partial charge in [0, 0.05) is 72.6 Å². The summed E-state index contributed by atoms with van der Waals surface area (Å²) in [6.45, 7) is 1.64. The van der Waals surface area contributed by atoms with E-state index in [1.807, 2.05) is 0 Å². The second-order valence-corrected chi connectivity index (χ2v) is 11.8. The summed E-state index contributed by atoms with van der Waals surface area (Å²) in [6.07, 6.45) is -1.90. The Morgan fingerprint density at radius 1 is 1.04 bits per heavy atom. The number of pyridine rings is 1. The lowest BCUT2D eigenvalue weighted by Crippen LogP contribution is -2.50. The molecule has 14 heteroatoms. The van der Waals surface area contributed by atoms with Crippen molar-refractivity contribution in [1.29, 1.82) is 0 Å². The summed E-state index contributed by atoms with van der Waals surface area (Å²) in [5, 5.41) is 2.84. The van der Waals surface area contributed by atoms with Gasteiger partial charge in [0.2, 0.25) is 0 Å². The van der Waals surface area contributed by atoms with E-state index < -0.39 is 65.1 Å². The highest BCUT2D eigenvalue weighted by Gasteiger charge is 2.49. The number of ether oxygens (including phenoxy) is 1. The second-order valence-electron chi connectivity index (χ2n) is 11.3. The molecule has 3 fully saturated rings. The maximum atomic E-state index is 15.4. The average molecular weight is 650 g/mol. The predicted octanol–water partition coefficient (Wildman–Crippen LogP) is 5.25. The minimum absolute atomic E-state index is 0.0854. The van der Waals surface area contributed by atoms with Gasteiger partial charge in [0.15, 0.2) is 0 Å². The number of methoxy groups -OCH3 is 1. The highest BCUT2D eigenvalue weighted by molar-refractivity contribution is 6.30. The maximum Gasteiger partial charge on any atom is 0.421 e. The second kappa shape index (κ2) is 12.1. The molecular weight excluding hydrogens is 621 g/mol. The summed E-state index contributed by atoms with van der Waals surface area (Å²) in [6, 6.07) is 7.23. The van der Waals surface area contributed by atoms with Gasteiger partial charge in [0.25, 0.3) is 11.8 Å². The number of hydrogen-bond donors (Lipinski definition) is 1. The first-order valence-corrected chi connectivity index (χ1v) is 14.8. The summed E-state index contributed by atoms with van der Waals surface area (Å²) >= 11 is 5.92. The molecule has 2 unspecified atom stereocenters. The lowest BCUT2D eigenvalue weighted by Gasteiger charge is -2.40. The Morgan fingerprint density at radius 2 is 1.76 bits per heavy atom. The minimum Gasteiger partial charge on any atom is -0.497 e. The largest absolute Gasteiger partial charge is 0.497 e. The Labute approximate surface area is 260 Å². The zero-order valence-electron chi connectivity index (χ0n) is 24.1. The van der Waals surface area contributed by atoms with Crippen LogP contribution in [0.4, 0.5) is 33.5 Å². The number of aromatic nitrogens is 1. The average Bonchev–Trinajstić information content (AvgIpc) is 3.60. The van der Waals surface area contributed by atoms with Gasteiger partial charge in [-0.05, 0) is 49.7 Å². The van der Waals surface area contributed by atoms with Crippen LogP contribution in [0.2, 0.25) is 5.02 Å². The molecule has 3 atom stereocenters. The molecule has 1 N–H and O–H groups in total. The Balaban J connectivity index is 1.41. The van der Waals surface area contributed by atoms with Crippen LogP contribution in [-0.2, 0) is 11.0 Å². The number of piperazine rings is 1. The third-order valence-corrected chi connectivity index (χ3v) is 8.99. The molecule has 0 bridgehead atoms. The van der Waals surface area contributed by atoms with Crippen molar-refractivity contribution >= 4 is 34.9 Å². The van der Waals surface area contributed by atoms with Crippen LogP contribution in [0.3, 0.4) is 0 Å². The van der Waals surface area contributed by atoms with E-state index in [1.54, 1.807) is 4.90 Å². The summed E-state index contributed by atoms with van der Waals surface area (Å²) in [4.78, 5) is 35.8. The number of hydrogen-bond acceptors (Lipinski definition) is 6. The molecule has 45 heavy (non-hydrogen) atoms. The van der Waals surface area contributed by atoms with Crippen LogP contribution in [0.1, 0.15) is 40.2 Å². The molecule has 3 aliphatic heterocycles. The molecule has 3 saturated heterocycles. The Morgan fingerprint density at radius 3 is 2.42 bits per heavy atom. The predicted molar refractivity (Wildman–Crippen MR) is 157 cm³/mol. The summed E-state index contributed by atoms with van der Waals surface area (Å²) in [7, 11) is 1.22. The molecule has 0 spiro atoms. The number of nitrogens with zero attached hydrogens (tertiary/aromatic N) is 4. The van der Waals surface area contributed by atoms with E-state index in [4.69, 9.17) is 16.3 Å². The van der Waals surface area contributed by atoms with Crippen molar-refractivity contribution < 1.29 is 36.3 Å². The third kappa shape index (κ3) is 5.90. The summed E-state index contributed by atoms with van der Waals surface area (Å²) in [5.41, 5.74) is -1.74. The Kier molecular flexibility index (Phi) is 8.33. The standard InChI is InChI=1S/C31H29ClF5N5O3/c1-45-20-13-22(33)25(23(34)14-20)21-16-42(30(44)27(21)39-29(43)17-4-6-18(32)7-5-17)28-26(31(35,36)37)24(8-9-38-28)41-12-11-40-10-2-3-19(40)15-41/h4-9,13-14,19,21,27H,2-3,10-12,15-16H2,1H3,(H,39,43)/t19?,21-,27?/m0/s1. The van der Waals surface area contributed by atoms with Crippen LogP contribution in [0.5, 0.6) is 5.75 Å². The van der Waals surface area contributed by atoms with E-state index in [2.05, 4.69) is 15.2 Å². The topological polar surface area (TPSA) is 78.0 Å². The van der Waals surface area contributed by atoms with E-state index >= 15 is 8.78 Å². The van der Waals surface area contributed by atoms with Crippen molar-refractivity contribution in [3.8, 4) is 5.75 Å². The third-order valence-electron chi connectivity index (χ3n) is 8.74. The van der Waals surface area contributed by atoms with E-state index in [1.165, 1.54) is 43.6 Å². The number of alkyl halides is 3. The molecule has 0 radical (unpaired) electrons. The van der Waals surface area contributed by atoms with Crippen molar-refractivity contribution in [2.75, 3.05) is 49.6 Å². The molecule has 2 amide bonds. The van der Waals surface area contributed by atoms with Crippen LogP contribution in [0.25, 0.3) is 0 Å². The molecule has 3 aliphatic rings. The molecule has 4 heterocycles. The van der Waals surface area contributed by atoms with E-state index in [-0.39, 0.29) is 23.0 Å². The van der Waals surface area contributed by atoms with Crippen LogP contribution in [-0.4, -0.2) is 73.6 Å². The first-order chi connectivity index (χ1) is 21.5. The zero-order chi connectivity index (χ0) is 32.0. The molecule has 0 aliphatic carbocycles. The number of rotatable bonds is 6. The molecule has 8 nitrogen and oxygen atoms in total. The van der Waals surface area contributed by atoms with Gasteiger partial charge in [-0.2, -0.15) is 13.2 Å². The first-order valence-electron chi connectivity index (χ1n) is 14.4. The van der Waals surface area contributed by atoms with Crippen LogP contribution >= 0.6 is 11.6 Å². The van der Waals surface area contributed by atoms with Crippen molar-refractivity contribution in [1.82, 2.24) is 15.2 Å². The zero-order valence-corrected chi connectivity index (χ0v) is 24.8. The minimum atomic E-state index is -4.93. The molecule has 1 aromatic heterocycles. The van der Waals surface area contributed by atoms with Crippen molar-refractivity contribution in [3.63, 3.8) is 0 Å². The molecule has 3 aromatic rings. The number of anilines is 2. The SMILES string of the molecule is COc1cc(F)c([C@@H]2CN(c3nccc(N4CCN5CCCC5C4)c3C(F)(F)F)C(=O)C2NC(=O)c2ccc(Cl)cc2)c(F)c1. The van der Waals surface area contributed by atoms with E-state index in [0.29, 0.717) is 24.7 Å². The van der Waals surface area contributed by atoms with Gasteiger partial charge in [-0.3, -0.25) is 19.4 Å². The summed E-state index contributed by atoms with van der Waals surface area (Å²) < 4.78 is 80.3. The number of carbonyl (C=O) groups is 2. The van der Waals surface area contributed by atoms with Gasteiger partial charge in [-0.15, -0.1) is 0 Å². The van der Waals surface area contributed by atoms with Crippen LogP contribution in [0.15, 0.2) is 48.7 Å². The fourth-order valence-corrected chi connectivity index (χ4v) is 6.72. The van der Waals surface area contributed by atoms with Gasteiger partial charge in [-0.25, -0.2) is 13.8 Å². The van der Waals surface area contributed by atoms with Gasteiger partial charge >= 0.3 is 6.18 Å². The number of benzene rings is 2. The highest BCUT2D eigenvalue weighted by atomic mass is 35.5. The van der Waals surface area contributed by atoms with Crippen molar-refractivity contribution in [3.05, 3.63) is 82.0 Å². The van der Waals surface area contributed by atoms with Gasteiger partial charge < -0.3 is 15.0 Å². The number of halogens is 6. The normalized spacial score (nSPS) is 22.1. The molecule has 2 aromatic carbocycles. The first kappa shape index (κ1) is 31.0. The van der Waals surface area contributed by atoms with E-state index in [9.17, 15) is 22.8 Å². The molecule has 238 valence electrons. The van der Waals surface area contributed by atoms with Crippen molar-refractivity contribution in [2.45, 2.75) is 37.0 Å². The highest BCUT2D eigenvalue weighted by Crippen LogP contribution is 2.45. The van der Waals surface area contributed by atoms with Crippen LogP contribution < -0.4 is 19.9 Å². The number of nitrogens with one attached hydrogen (secondary N) is 1. The monoisotopic (exact) mass is 649 g/mol. The lowest BCUT2D eigenvalue weighted by molar-refractivity contribution is -0.137. The summed E-state index contributed by atoms with van der Waals surface area (Å²) in [5.74, 6) is -6.16. The number of fused-ring (bicyclic) bond motifs is 1. The van der Waals surface area contributed by atoms with Gasteiger partial charge in [0.1, 0.15) is 34.8 Å². The number of carbonyl (C=O) groups excluding carboxylic acids is 2. The molecule has 0 saturated carbocycles. The maximum absolute atomic E-state index is 15.4. The van der Waals surface area contributed by atoms with Crippen molar-refractivity contribution in [2.24, 2.45) is 0 Å². The molecule has 6 rings (SSSR count). The van der Waals surface area contributed by atoms with E-state index in [0.717, 1.165) is 36.4 Å². The van der Waals surface area contributed by atoms with Gasteiger partial charge in [-0.1, -0.05) is 11.6 Å². The fourth-order valence-electron chi connectivity index (χ4n) is 6.59. The van der Waals surface area contributed by atoms with Gasteiger partial charge in [0.05, 0.1) is 12.8 Å².